The molecule has 0 bridgehead atoms. The molecule has 0 aliphatic carbocycles. The molecule has 2 N–H and O–H groups in total. The van der Waals surface area contributed by atoms with Crippen molar-refractivity contribution in [2.45, 2.75) is 19.9 Å². The zero-order chi connectivity index (χ0) is 15.1. The molecule has 0 radical (unpaired) electrons. The zero-order valence-corrected chi connectivity index (χ0v) is 12.2. The summed E-state index contributed by atoms with van der Waals surface area (Å²) in [6.45, 7) is 2.73. The molecule has 1 aromatic heterocycles. The number of nitrogens with one attached hydrogen (secondary N) is 2. The predicted molar refractivity (Wildman–Crippen MR) is 78.3 cm³/mol. The van der Waals surface area contributed by atoms with Gasteiger partial charge in [0.25, 0.3) is 0 Å². The number of H-pyrrole nitrogens is 1. The molecule has 1 aromatic carbocycles. The van der Waals surface area contributed by atoms with Crippen LogP contribution >= 0.6 is 0 Å². The van der Waals surface area contributed by atoms with Crippen LogP contribution in [0.15, 0.2) is 30.5 Å². The Morgan fingerprint density at radius 3 is 2.62 bits per heavy atom. The number of aromatic amines is 1. The number of nitrogens with zero attached hydrogens (tertiary/aromatic N) is 1. The van der Waals surface area contributed by atoms with E-state index in [0.717, 1.165) is 17.0 Å². The van der Waals surface area contributed by atoms with Gasteiger partial charge in [-0.2, -0.15) is 5.10 Å². The van der Waals surface area contributed by atoms with Gasteiger partial charge in [-0.25, -0.2) is 0 Å². The van der Waals surface area contributed by atoms with Crippen LogP contribution in [0.4, 0.5) is 0 Å². The summed E-state index contributed by atoms with van der Waals surface area (Å²) in [6, 6.07) is 7.26. The van der Waals surface area contributed by atoms with Crippen molar-refractivity contribution < 1.29 is 14.3 Å². The number of hydrogen-bond donors (Lipinski definition) is 2. The lowest BCUT2D eigenvalue weighted by Gasteiger charge is -2.07. The fourth-order valence-corrected chi connectivity index (χ4v) is 1.77. The normalized spacial score (nSPS) is 10.2. The third kappa shape index (κ3) is 4.52. The summed E-state index contributed by atoms with van der Waals surface area (Å²) in [5, 5.41) is 9.57. The third-order valence-corrected chi connectivity index (χ3v) is 3.07. The molecule has 6 nitrogen and oxygen atoms in total. The topological polar surface area (TPSA) is 76.2 Å². The number of ether oxygens (including phenoxy) is 2. The highest BCUT2D eigenvalue weighted by atomic mass is 16.5. The molecule has 0 unspecified atom stereocenters. The lowest BCUT2D eigenvalue weighted by Crippen LogP contribution is -2.24. The van der Waals surface area contributed by atoms with Gasteiger partial charge in [0.15, 0.2) is 0 Å². The van der Waals surface area contributed by atoms with Crippen molar-refractivity contribution >= 4 is 5.91 Å². The molecular formula is C15H19N3O3. The number of aryl methyl sites for hydroxylation is 1. The van der Waals surface area contributed by atoms with Gasteiger partial charge in [-0.15, -0.1) is 0 Å². The lowest BCUT2D eigenvalue weighted by molar-refractivity contribution is -0.121. The summed E-state index contributed by atoms with van der Waals surface area (Å²) in [7, 11) is 1.61. The van der Waals surface area contributed by atoms with Crippen LogP contribution in [0.5, 0.6) is 11.5 Å². The average Bonchev–Trinajstić information content (AvgIpc) is 2.91. The van der Waals surface area contributed by atoms with E-state index >= 15 is 0 Å². The van der Waals surface area contributed by atoms with Crippen LogP contribution in [-0.2, 0) is 11.3 Å². The highest BCUT2D eigenvalue weighted by Crippen LogP contribution is 2.16. The SMILES string of the molecule is COc1ccc(OCCC(=O)NCc2cn[nH]c2C)cc1. The van der Waals surface area contributed by atoms with E-state index in [1.807, 2.05) is 31.2 Å². The van der Waals surface area contributed by atoms with Gasteiger partial charge in [-0.3, -0.25) is 9.89 Å². The second-order valence-corrected chi connectivity index (χ2v) is 4.57. The van der Waals surface area contributed by atoms with Gasteiger partial charge in [0.05, 0.1) is 26.3 Å². The Morgan fingerprint density at radius 2 is 2.00 bits per heavy atom. The molecule has 0 atom stereocenters. The lowest BCUT2D eigenvalue weighted by atomic mass is 10.2. The minimum Gasteiger partial charge on any atom is -0.497 e. The highest BCUT2D eigenvalue weighted by Gasteiger charge is 2.05. The molecule has 2 rings (SSSR count). The standard InChI is InChI=1S/C15H19N3O3/c1-11-12(10-17-18-11)9-16-15(19)7-8-21-14-5-3-13(20-2)4-6-14/h3-6,10H,7-9H2,1-2H3,(H,16,19)(H,17,18). The minimum absolute atomic E-state index is 0.0517. The third-order valence-electron chi connectivity index (χ3n) is 3.07. The van der Waals surface area contributed by atoms with Crippen LogP contribution in [0.25, 0.3) is 0 Å². The van der Waals surface area contributed by atoms with Gasteiger partial charge in [0, 0.05) is 17.8 Å². The Bertz CT molecular complexity index is 578. The monoisotopic (exact) mass is 289 g/mol. The summed E-state index contributed by atoms with van der Waals surface area (Å²) in [4.78, 5) is 11.7. The van der Waals surface area contributed by atoms with E-state index in [0.29, 0.717) is 25.3 Å². The average molecular weight is 289 g/mol. The van der Waals surface area contributed by atoms with E-state index in [-0.39, 0.29) is 5.91 Å². The molecule has 0 saturated carbocycles. The molecule has 0 fully saturated rings. The first kappa shape index (κ1) is 14.9. The van der Waals surface area contributed by atoms with Crippen LogP contribution in [-0.4, -0.2) is 29.8 Å². The van der Waals surface area contributed by atoms with Crippen LogP contribution in [0, 0.1) is 6.92 Å². The van der Waals surface area contributed by atoms with Gasteiger partial charge >= 0.3 is 0 Å². The van der Waals surface area contributed by atoms with Gasteiger partial charge < -0.3 is 14.8 Å². The maximum absolute atomic E-state index is 11.7. The van der Waals surface area contributed by atoms with Gasteiger partial charge in [0.2, 0.25) is 5.91 Å². The molecule has 0 aliphatic rings. The van der Waals surface area contributed by atoms with E-state index in [4.69, 9.17) is 9.47 Å². The first-order valence-corrected chi connectivity index (χ1v) is 6.71. The van der Waals surface area contributed by atoms with Crippen molar-refractivity contribution in [3.8, 4) is 11.5 Å². The molecule has 112 valence electrons. The van der Waals surface area contributed by atoms with Crippen molar-refractivity contribution in [2.75, 3.05) is 13.7 Å². The predicted octanol–water partition coefficient (Wildman–Crippen LogP) is 1.81. The summed E-state index contributed by atoms with van der Waals surface area (Å²) in [6.07, 6.45) is 2.02. The Kier molecular flexibility index (Phi) is 5.20. The fourth-order valence-electron chi connectivity index (χ4n) is 1.77. The van der Waals surface area contributed by atoms with E-state index in [2.05, 4.69) is 15.5 Å². The van der Waals surface area contributed by atoms with Crippen LogP contribution in [0.3, 0.4) is 0 Å². The van der Waals surface area contributed by atoms with Crippen LogP contribution < -0.4 is 14.8 Å². The zero-order valence-electron chi connectivity index (χ0n) is 12.2. The van der Waals surface area contributed by atoms with E-state index in [1.165, 1.54) is 0 Å². The van der Waals surface area contributed by atoms with Crippen molar-refractivity contribution in [3.63, 3.8) is 0 Å². The number of rotatable bonds is 7. The van der Waals surface area contributed by atoms with Crippen molar-refractivity contribution in [1.29, 1.82) is 0 Å². The maximum atomic E-state index is 11.7. The first-order valence-electron chi connectivity index (χ1n) is 6.71. The molecule has 0 aliphatic heterocycles. The maximum Gasteiger partial charge on any atom is 0.223 e. The van der Waals surface area contributed by atoms with Crippen LogP contribution in [0.1, 0.15) is 17.7 Å². The number of aromatic nitrogens is 2. The minimum atomic E-state index is -0.0517. The van der Waals surface area contributed by atoms with Crippen molar-refractivity contribution in [3.05, 3.63) is 41.7 Å². The van der Waals surface area contributed by atoms with Crippen LogP contribution in [0.2, 0.25) is 0 Å². The van der Waals surface area contributed by atoms with E-state index in [1.54, 1.807) is 13.3 Å². The Labute approximate surface area is 123 Å². The molecule has 2 aromatic rings. The van der Waals surface area contributed by atoms with Gasteiger partial charge in [-0.05, 0) is 31.2 Å². The number of benzene rings is 1. The molecule has 1 heterocycles. The first-order chi connectivity index (χ1) is 10.2. The largest absolute Gasteiger partial charge is 0.497 e. The summed E-state index contributed by atoms with van der Waals surface area (Å²) < 4.78 is 10.6. The number of amides is 1. The molecule has 6 heteroatoms. The van der Waals surface area contributed by atoms with Crippen molar-refractivity contribution in [1.82, 2.24) is 15.5 Å². The fraction of sp³-hybridized carbons (Fsp3) is 0.333. The number of carbonyl (C=O) groups excluding carboxylic acids is 1. The Hall–Kier alpha value is -2.50. The molecule has 0 spiro atoms. The number of carbonyl (C=O) groups is 1. The van der Waals surface area contributed by atoms with E-state index in [9.17, 15) is 4.79 Å². The van der Waals surface area contributed by atoms with Gasteiger partial charge in [-0.1, -0.05) is 0 Å². The molecular weight excluding hydrogens is 270 g/mol. The summed E-state index contributed by atoms with van der Waals surface area (Å²) in [5.41, 5.74) is 1.95. The Morgan fingerprint density at radius 1 is 1.29 bits per heavy atom. The Balaban J connectivity index is 1.68. The summed E-state index contributed by atoms with van der Waals surface area (Å²) in [5.74, 6) is 1.44. The van der Waals surface area contributed by atoms with E-state index < -0.39 is 0 Å². The molecule has 0 saturated heterocycles. The highest BCUT2D eigenvalue weighted by molar-refractivity contribution is 5.76. The summed E-state index contributed by atoms with van der Waals surface area (Å²) >= 11 is 0. The number of methoxy groups -OCH3 is 1. The molecule has 21 heavy (non-hydrogen) atoms. The van der Waals surface area contributed by atoms with Gasteiger partial charge in [0.1, 0.15) is 11.5 Å². The number of hydrogen-bond acceptors (Lipinski definition) is 4. The molecule has 1 amide bonds. The second-order valence-electron chi connectivity index (χ2n) is 4.57. The van der Waals surface area contributed by atoms with Crippen molar-refractivity contribution in [2.24, 2.45) is 0 Å². The second kappa shape index (κ2) is 7.33. The quantitative estimate of drug-likeness (QED) is 0.815. The smallest absolute Gasteiger partial charge is 0.223 e.